The summed E-state index contributed by atoms with van der Waals surface area (Å²) >= 11 is 0. The lowest BCUT2D eigenvalue weighted by Gasteiger charge is -2.09. The second kappa shape index (κ2) is 1.87. The van der Waals surface area contributed by atoms with Crippen LogP contribution in [0.25, 0.3) is 0 Å². The van der Waals surface area contributed by atoms with Crippen molar-refractivity contribution in [3.63, 3.8) is 0 Å². The van der Waals surface area contributed by atoms with Crippen molar-refractivity contribution in [2.45, 2.75) is 13.8 Å². The molecule has 0 aromatic carbocycles. The Morgan fingerprint density at radius 3 is 2.11 bits per heavy atom. The summed E-state index contributed by atoms with van der Waals surface area (Å²) in [6.07, 6.45) is 0. The van der Waals surface area contributed by atoms with Crippen molar-refractivity contribution in [3.8, 4) is 0 Å². The quantitative estimate of drug-likeness (QED) is 0.477. The van der Waals surface area contributed by atoms with Gasteiger partial charge in [-0.3, -0.25) is 4.79 Å². The average Bonchev–Trinajstić information content (AvgIpc) is 1.98. The highest BCUT2D eigenvalue weighted by atomic mass is 16.1. The van der Waals surface area contributed by atoms with E-state index in [-0.39, 0.29) is 5.78 Å². The molecule has 0 saturated carbocycles. The first kappa shape index (κ1) is 6.33. The molecule has 0 atom stereocenters. The average molecular weight is 125 g/mol. The maximum atomic E-state index is 10.9. The summed E-state index contributed by atoms with van der Waals surface area (Å²) < 4.78 is 0. The zero-order valence-corrected chi connectivity index (χ0v) is 6.06. The van der Waals surface area contributed by atoms with E-state index in [0.717, 1.165) is 11.3 Å². The van der Waals surface area contributed by atoms with Crippen LogP contribution in [0, 0.1) is 0 Å². The van der Waals surface area contributed by atoms with Gasteiger partial charge in [0, 0.05) is 18.3 Å². The molecular weight excluding hydrogens is 114 g/mol. The molecule has 0 bridgehead atoms. The van der Waals surface area contributed by atoms with Crippen LogP contribution in [-0.2, 0) is 4.79 Å². The lowest BCUT2D eigenvalue weighted by Crippen LogP contribution is -2.14. The van der Waals surface area contributed by atoms with E-state index in [1.165, 1.54) is 0 Å². The van der Waals surface area contributed by atoms with Crippen molar-refractivity contribution < 1.29 is 4.79 Å². The molecule has 0 aromatic heterocycles. The van der Waals surface area contributed by atoms with Gasteiger partial charge in [0.05, 0.1) is 6.54 Å². The predicted molar refractivity (Wildman–Crippen MR) is 36.0 cm³/mol. The molecular formula is C7H11NO. The third-order valence-corrected chi connectivity index (χ3v) is 1.91. The minimum atomic E-state index is 0.259. The molecule has 0 saturated heterocycles. The molecule has 1 rings (SSSR count). The van der Waals surface area contributed by atoms with Gasteiger partial charge in [-0.25, -0.2) is 0 Å². The Labute approximate surface area is 55.2 Å². The van der Waals surface area contributed by atoms with E-state index < -0.39 is 0 Å². The number of likely N-dealkylation sites (N-methyl/N-ethyl adjacent to an activating group) is 1. The lowest BCUT2D eigenvalue weighted by atomic mass is 10.2. The second-order valence-corrected chi connectivity index (χ2v) is 2.49. The van der Waals surface area contributed by atoms with E-state index in [1.54, 1.807) is 0 Å². The Kier molecular flexibility index (Phi) is 1.31. The fraction of sp³-hybridized carbons (Fsp3) is 0.571. The number of ketones is 1. The Balaban J connectivity index is 2.92. The van der Waals surface area contributed by atoms with Gasteiger partial charge in [-0.15, -0.1) is 0 Å². The van der Waals surface area contributed by atoms with Crippen LogP contribution < -0.4 is 0 Å². The molecule has 2 nitrogen and oxygen atoms in total. The van der Waals surface area contributed by atoms with Crippen LogP contribution in [0.2, 0.25) is 0 Å². The standard InChI is InChI=1S/C7H11NO/c1-5-6(2)8(3)4-7(5)9/h4H2,1-3H3. The molecule has 0 spiro atoms. The minimum absolute atomic E-state index is 0.259. The Morgan fingerprint density at radius 2 is 2.00 bits per heavy atom. The summed E-state index contributed by atoms with van der Waals surface area (Å²) in [5.41, 5.74) is 2.03. The zero-order chi connectivity index (χ0) is 7.02. The van der Waals surface area contributed by atoms with Crippen LogP contribution in [0.15, 0.2) is 11.3 Å². The van der Waals surface area contributed by atoms with Crippen molar-refractivity contribution in [1.29, 1.82) is 0 Å². The molecule has 9 heavy (non-hydrogen) atoms. The maximum absolute atomic E-state index is 10.9. The van der Waals surface area contributed by atoms with Crippen LogP contribution in [0.5, 0.6) is 0 Å². The number of carbonyl (C=O) groups is 1. The molecule has 1 aliphatic rings. The normalized spacial score (nSPS) is 19.9. The molecule has 0 aliphatic carbocycles. The summed E-state index contributed by atoms with van der Waals surface area (Å²) in [7, 11) is 1.93. The van der Waals surface area contributed by atoms with E-state index in [2.05, 4.69) is 0 Å². The molecule has 0 N–H and O–H groups in total. The van der Waals surface area contributed by atoms with Crippen LogP contribution in [0.3, 0.4) is 0 Å². The molecule has 0 fully saturated rings. The molecule has 0 aromatic rings. The Morgan fingerprint density at radius 1 is 1.44 bits per heavy atom. The van der Waals surface area contributed by atoms with Crippen molar-refractivity contribution in [3.05, 3.63) is 11.3 Å². The first-order chi connectivity index (χ1) is 4.13. The third kappa shape index (κ3) is 0.846. The van der Waals surface area contributed by atoms with E-state index in [1.807, 2.05) is 25.8 Å². The lowest BCUT2D eigenvalue weighted by molar-refractivity contribution is -0.114. The smallest absolute Gasteiger partial charge is 0.179 e. The van der Waals surface area contributed by atoms with Gasteiger partial charge in [-0.05, 0) is 13.8 Å². The Hall–Kier alpha value is -0.790. The van der Waals surface area contributed by atoms with Crippen LogP contribution in [0.4, 0.5) is 0 Å². The maximum Gasteiger partial charge on any atom is 0.179 e. The van der Waals surface area contributed by atoms with Gasteiger partial charge in [0.1, 0.15) is 0 Å². The first-order valence-corrected chi connectivity index (χ1v) is 3.04. The summed E-state index contributed by atoms with van der Waals surface area (Å²) in [5, 5.41) is 0. The van der Waals surface area contributed by atoms with E-state index >= 15 is 0 Å². The fourth-order valence-electron chi connectivity index (χ4n) is 0.941. The van der Waals surface area contributed by atoms with Crippen molar-refractivity contribution in [2.75, 3.05) is 13.6 Å². The third-order valence-electron chi connectivity index (χ3n) is 1.91. The summed E-state index contributed by atoms with van der Waals surface area (Å²) in [4.78, 5) is 12.9. The topological polar surface area (TPSA) is 20.3 Å². The second-order valence-electron chi connectivity index (χ2n) is 2.49. The highest BCUT2D eigenvalue weighted by molar-refractivity contribution is 5.99. The predicted octanol–water partition coefficient (Wildman–Crippen LogP) is 0.795. The molecule has 1 aliphatic heterocycles. The molecule has 0 unspecified atom stereocenters. The summed E-state index contributed by atoms with van der Waals surface area (Å²) in [6, 6.07) is 0. The zero-order valence-electron chi connectivity index (χ0n) is 6.06. The SMILES string of the molecule is CC1=C(C)N(C)CC1=O. The number of carbonyl (C=O) groups excluding carboxylic acids is 1. The highest BCUT2D eigenvalue weighted by Crippen LogP contribution is 2.15. The van der Waals surface area contributed by atoms with Gasteiger partial charge in [0.2, 0.25) is 0 Å². The van der Waals surface area contributed by atoms with E-state index in [9.17, 15) is 4.79 Å². The number of allylic oxidation sites excluding steroid dienone is 1. The van der Waals surface area contributed by atoms with Gasteiger partial charge in [-0.1, -0.05) is 0 Å². The van der Waals surface area contributed by atoms with Gasteiger partial charge < -0.3 is 4.90 Å². The molecule has 50 valence electrons. The summed E-state index contributed by atoms with van der Waals surface area (Å²) in [6.45, 7) is 4.42. The van der Waals surface area contributed by atoms with Gasteiger partial charge in [0.15, 0.2) is 5.78 Å². The minimum Gasteiger partial charge on any atom is -0.370 e. The van der Waals surface area contributed by atoms with Crippen LogP contribution in [-0.4, -0.2) is 24.3 Å². The van der Waals surface area contributed by atoms with Crippen LogP contribution in [0.1, 0.15) is 13.8 Å². The highest BCUT2D eigenvalue weighted by Gasteiger charge is 2.19. The number of hydrogen-bond acceptors (Lipinski definition) is 2. The monoisotopic (exact) mass is 125 g/mol. The van der Waals surface area contributed by atoms with E-state index in [0.29, 0.717) is 6.54 Å². The van der Waals surface area contributed by atoms with Gasteiger partial charge in [-0.2, -0.15) is 0 Å². The van der Waals surface area contributed by atoms with Crippen molar-refractivity contribution >= 4 is 5.78 Å². The number of hydrogen-bond donors (Lipinski definition) is 0. The van der Waals surface area contributed by atoms with Crippen molar-refractivity contribution in [1.82, 2.24) is 4.90 Å². The van der Waals surface area contributed by atoms with Crippen molar-refractivity contribution in [2.24, 2.45) is 0 Å². The van der Waals surface area contributed by atoms with Gasteiger partial charge in [0.25, 0.3) is 0 Å². The molecule has 0 amide bonds. The number of rotatable bonds is 0. The van der Waals surface area contributed by atoms with Crippen LogP contribution >= 0.6 is 0 Å². The van der Waals surface area contributed by atoms with E-state index in [4.69, 9.17) is 0 Å². The molecule has 2 heteroatoms. The molecule has 0 radical (unpaired) electrons. The number of Topliss-reactive ketones (excluding diaryl/α,β-unsaturated/α-hetero) is 1. The van der Waals surface area contributed by atoms with Gasteiger partial charge >= 0.3 is 0 Å². The number of nitrogens with zero attached hydrogens (tertiary/aromatic N) is 1. The first-order valence-electron chi connectivity index (χ1n) is 3.04. The fourth-order valence-corrected chi connectivity index (χ4v) is 0.941. The summed E-state index contributed by atoms with van der Waals surface area (Å²) in [5.74, 6) is 0.259. The largest absolute Gasteiger partial charge is 0.370 e. The Bertz CT molecular complexity index is 181. The molecule has 1 heterocycles.